The molecule has 0 saturated heterocycles. The molecule has 0 aromatic carbocycles. The van der Waals surface area contributed by atoms with Crippen molar-refractivity contribution in [1.82, 2.24) is 0 Å². The molecule has 0 aliphatic heterocycles. The molecule has 1 unspecified atom stereocenters. The van der Waals surface area contributed by atoms with Crippen LogP contribution in [0.4, 0.5) is 0 Å². The molecule has 1 saturated carbocycles. The molecule has 2 nitrogen and oxygen atoms in total. The summed E-state index contributed by atoms with van der Waals surface area (Å²) in [6, 6.07) is 0. The zero-order valence-electron chi connectivity index (χ0n) is 9.01. The van der Waals surface area contributed by atoms with Crippen molar-refractivity contribution in [2.75, 3.05) is 6.61 Å². The van der Waals surface area contributed by atoms with Gasteiger partial charge in [-0.25, -0.2) is 0 Å². The molecule has 0 aromatic heterocycles. The van der Waals surface area contributed by atoms with Gasteiger partial charge >= 0.3 is 0 Å². The van der Waals surface area contributed by atoms with E-state index in [1.54, 1.807) is 0 Å². The van der Waals surface area contributed by atoms with Gasteiger partial charge in [0.25, 0.3) is 0 Å². The topological polar surface area (TPSA) is 40.5 Å². The molecule has 78 valence electrons. The summed E-state index contributed by atoms with van der Waals surface area (Å²) in [6.45, 7) is 6.67. The summed E-state index contributed by atoms with van der Waals surface area (Å²) in [5, 5.41) is 19.2. The van der Waals surface area contributed by atoms with Crippen molar-refractivity contribution in [3.63, 3.8) is 0 Å². The molecule has 2 heteroatoms. The highest BCUT2D eigenvalue weighted by atomic mass is 16.3. The predicted octanol–water partition coefficient (Wildman–Crippen LogP) is 1.95. The first-order chi connectivity index (χ1) is 5.94. The standard InChI is InChI=1S/C11H22O2/c1-9-5-7-11(13,6-4-8-12)10(9,2)3/h9,12-13H,4-8H2,1-3H3/t9?,11-/m0/s1. The Kier molecular flexibility index (Phi) is 3.03. The Bertz CT molecular complexity index is 177. The van der Waals surface area contributed by atoms with Crippen LogP contribution in [0.15, 0.2) is 0 Å². The molecule has 2 atom stereocenters. The minimum Gasteiger partial charge on any atom is -0.396 e. The fraction of sp³-hybridized carbons (Fsp3) is 1.00. The molecule has 0 bridgehead atoms. The first-order valence-corrected chi connectivity index (χ1v) is 5.27. The van der Waals surface area contributed by atoms with Crippen molar-refractivity contribution in [2.24, 2.45) is 11.3 Å². The van der Waals surface area contributed by atoms with Crippen LogP contribution in [0.25, 0.3) is 0 Å². The Morgan fingerprint density at radius 2 is 2.00 bits per heavy atom. The molecule has 1 aliphatic rings. The molecule has 1 aliphatic carbocycles. The van der Waals surface area contributed by atoms with Gasteiger partial charge in [0.15, 0.2) is 0 Å². The van der Waals surface area contributed by atoms with Gasteiger partial charge in [-0.15, -0.1) is 0 Å². The van der Waals surface area contributed by atoms with Crippen molar-refractivity contribution in [2.45, 2.75) is 52.1 Å². The third-order valence-corrected chi connectivity index (χ3v) is 4.17. The van der Waals surface area contributed by atoms with Gasteiger partial charge in [0, 0.05) is 6.61 Å². The first kappa shape index (κ1) is 11.0. The van der Waals surface area contributed by atoms with Gasteiger partial charge in [-0.1, -0.05) is 20.8 Å². The van der Waals surface area contributed by atoms with Gasteiger partial charge in [0.2, 0.25) is 0 Å². The van der Waals surface area contributed by atoms with Gasteiger partial charge < -0.3 is 10.2 Å². The minimum atomic E-state index is -0.546. The molecule has 0 amide bonds. The molecule has 1 rings (SSSR count). The molecule has 1 fully saturated rings. The van der Waals surface area contributed by atoms with Crippen LogP contribution in [0, 0.1) is 11.3 Å². The average molecular weight is 186 g/mol. The van der Waals surface area contributed by atoms with Crippen molar-refractivity contribution < 1.29 is 10.2 Å². The van der Waals surface area contributed by atoms with Crippen LogP contribution in [-0.2, 0) is 0 Å². The summed E-state index contributed by atoms with van der Waals surface area (Å²) in [7, 11) is 0. The van der Waals surface area contributed by atoms with Crippen molar-refractivity contribution >= 4 is 0 Å². The summed E-state index contributed by atoms with van der Waals surface area (Å²) in [6.07, 6.45) is 3.45. The third kappa shape index (κ3) is 1.75. The fourth-order valence-corrected chi connectivity index (χ4v) is 2.42. The second-order valence-corrected chi connectivity index (χ2v) is 5.02. The first-order valence-electron chi connectivity index (χ1n) is 5.27. The summed E-state index contributed by atoms with van der Waals surface area (Å²) in [4.78, 5) is 0. The Morgan fingerprint density at radius 3 is 2.38 bits per heavy atom. The largest absolute Gasteiger partial charge is 0.396 e. The summed E-state index contributed by atoms with van der Waals surface area (Å²) in [5.74, 6) is 0.580. The lowest BCUT2D eigenvalue weighted by atomic mass is 9.71. The van der Waals surface area contributed by atoms with Gasteiger partial charge in [0.1, 0.15) is 0 Å². The van der Waals surface area contributed by atoms with Crippen LogP contribution in [0.1, 0.15) is 46.5 Å². The number of aliphatic hydroxyl groups excluding tert-OH is 1. The SMILES string of the molecule is CC1CC[C@@](O)(CCCO)C1(C)C. The van der Waals surface area contributed by atoms with Crippen molar-refractivity contribution in [3.8, 4) is 0 Å². The average Bonchev–Trinajstić information content (AvgIpc) is 2.27. The molecular weight excluding hydrogens is 164 g/mol. The monoisotopic (exact) mass is 186 g/mol. The van der Waals surface area contributed by atoms with E-state index in [0.717, 1.165) is 19.3 Å². The Morgan fingerprint density at radius 1 is 1.38 bits per heavy atom. The second kappa shape index (κ2) is 3.58. The van der Waals surface area contributed by atoms with Gasteiger partial charge in [-0.2, -0.15) is 0 Å². The van der Waals surface area contributed by atoms with Gasteiger partial charge in [-0.3, -0.25) is 0 Å². The summed E-state index contributed by atoms with van der Waals surface area (Å²) < 4.78 is 0. The lowest BCUT2D eigenvalue weighted by molar-refractivity contribution is -0.0656. The maximum absolute atomic E-state index is 10.4. The van der Waals surface area contributed by atoms with Crippen molar-refractivity contribution in [1.29, 1.82) is 0 Å². The highest BCUT2D eigenvalue weighted by Gasteiger charge is 2.50. The van der Waals surface area contributed by atoms with E-state index >= 15 is 0 Å². The lowest BCUT2D eigenvalue weighted by Crippen LogP contribution is -2.42. The number of hydrogen-bond donors (Lipinski definition) is 2. The fourth-order valence-electron chi connectivity index (χ4n) is 2.42. The van der Waals surface area contributed by atoms with E-state index in [1.165, 1.54) is 0 Å². The van der Waals surface area contributed by atoms with E-state index < -0.39 is 5.60 Å². The zero-order chi connectivity index (χ0) is 10.1. The van der Waals surface area contributed by atoms with Gasteiger partial charge in [-0.05, 0) is 37.0 Å². The molecule has 0 spiro atoms. The maximum atomic E-state index is 10.4. The van der Waals surface area contributed by atoms with Crippen LogP contribution < -0.4 is 0 Å². The van der Waals surface area contributed by atoms with E-state index in [1.807, 2.05) is 0 Å². The maximum Gasteiger partial charge on any atom is 0.0701 e. The Labute approximate surface area is 81.0 Å². The third-order valence-electron chi connectivity index (χ3n) is 4.17. The molecule has 0 heterocycles. The van der Waals surface area contributed by atoms with E-state index in [0.29, 0.717) is 12.3 Å². The zero-order valence-corrected chi connectivity index (χ0v) is 9.01. The van der Waals surface area contributed by atoms with Crippen LogP contribution in [0.3, 0.4) is 0 Å². The minimum absolute atomic E-state index is 0.00215. The van der Waals surface area contributed by atoms with Crippen LogP contribution >= 0.6 is 0 Å². The molecule has 0 radical (unpaired) electrons. The highest BCUT2D eigenvalue weighted by molar-refractivity contribution is 5.01. The van der Waals surface area contributed by atoms with Crippen LogP contribution in [0.2, 0.25) is 0 Å². The van der Waals surface area contributed by atoms with Crippen LogP contribution in [0.5, 0.6) is 0 Å². The van der Waals surface area contributed by atoms with Gasteiger partial charge in [0.05, 0.1) is 5.60 Å². The van der Waals surface area contributed by atoms with E-state index in [4.69, 9.17) is 5.11 Å². The summed E-state index contributed by atoms with van der Waals surface area (Å²) in [5.41, 5.74) is -0.544. The molecular formula is C11H22O2. The summed E-state index contributed by atoms with van der Waals surface area (Å²) >= 11 is 0. The highest BCUT2D eigenvalue weighted by Crippen LogP contribution is 2.51. The number of rotatable bonds is 3. The quantitative estimate of drug-likeness (QED) is 0.707. The smallest absolute Gasteiger partial charge is 0.0701 e. The normalized spacial score (nSPS) is 38.1. The van der Waals surface area contributed by atoms with E-state index in [-0.39, 0.29) is 12.0 Å². The molecule has 0 aromatic rings. The van der Waals surface area contributed by atoms with E-state index in [2.05, 4.69) is 20.8 Å². The van der Waals surface area contributed by atoms with E-state index in [9.17, 15) is 5.11 Å². The Hall–Kier alpha value is -0.0800. The second-order valence-electron chi connectivity index (χ2n) is 5.02. The molecule has 13 heavy (non-hydrogen) atoms. The lowest BCUT2D eigenvalue weighted by Gasteiger charge is -2.39. The van der Waals surface area contributed by atoms with Crippen molar-refractivity contribution in [3.05, 3.63) is 0 Å². The molecule has 2 N–H and O–H groups in total. The predicted molar refractivity (Wildman–Crippen MR) is 53.4 cm³/mol. The Balaban J connectivity index is 2.67. The van der Waals surface area contributed by atoms with Crippen LogP contribution in [-0.4, -0.2) is 22.4 Å². The number of hydrogen-bond acceptors (Lipinski definition) is 2. The number of aliphatic hydroxyl groups is 2.